The van der Waals surface area contributed by atoms with Gasteiger partial charge in [-0.05, 0) is 49.4 Å². The summed E-state index contributed by atoms with van der Waals surface area (Å²) in [5, 5.41) is 8.25. The number of hydrogen-bond donors (Lipinski definition) is 2. The van der Waals surface area contributed by atoms with E-state index in [1.165, 1.54) is 25.7 Å². The van der Waals surface area contributed by atoms with Crippen molar-refractivity contribution in [3.63, 3.8) is 0 Å². The van der Waals surface area contributed by atoms with Gasteiger partial charge in [-0.2, -0.15) is 0 Å². The predicted octanol–water partition coefficient (Wildman–Crippen LogP) is 3.72. The molecule has 32 heavy (non-hydrogen) atoms. The van der Waals surface area contributed by atoms with Gasteiger partial charge in [-0.3, -0.25) is 9.88 Å². The molecule has 2 fully saturated rings. The molecular weight excluding hydrogens is 400 g/mol. The number of benzene rings is 1. The number of ether oxygens (including phenoxy) is 1. The molecule has 7 nitrogen and oxygen atoms in total. The van der Waals surface area contributed by atoms with Crippen LogP contribution in [0.5, 0.6) is 0 Å². The Morgan fingerprint density at radius 1 is 0.969 bits per heavy atom. The van der Waals surface area contributed by atoms with E-state index in [-0.39, 0.29) is 0 Å². The van der Waals surface area contributed by atoms with Crippen LogP contribution in [-0.4, -0.2) is 64.8 Å². The molecule has 7 heteroatoms. The number of nitrogens with zero attached hydrogens (tertiary/aromatic N) is 4. The molecule has 0 radical (unpaired) electrons. The van der Waals surface area contributed by atoms with E-state index in [1.807, 2.05) is 6.20 Å². The Morgan fingerprint density at radius 2 is 1.84 bits per heavy atom. The molecule has 0 spiro atoms. The first kappa shape index (κ1) is 19.9. The quantitative estimate of drug-likeness (QED) is 0.653. The lowest BCUT2D eigenvalue weighted by molar-refractivity contribution is 0.00791. The highest BCUT2D eigenvalue weighted by atomic mass is 16.5. The van der Waals surface area contributed by atoms with E-state index in [9.17, 15) is 0 Å². The SMILES string of the molecule is c1nc(NC2CCC(N3CCOCC3)CC2)c2cc(-c3cnc4c(c3)NCC4)ccc2n1. The van der Waals surface area contributed by atoms with Crippen LogP contribution in [0.25, 0.3) is 22.0 Å². The van der Waals surface area contributed by atoms with Gasteiger partial charge in [0.25, 0.3) is 0 Å². The van der Waals surface area contributed by atoms with E-state index in [0.717, 1.165) is 78.5 Å². The Labute approximate surface area is 188 Å². The van der Waals surface area contributed by atoms with E-state index in [1.54, 1.807) is 6.33 Å². The van der Waals surface area contributed by atoms with Crippen molar-refractivity contribution in [2.45, 2.75) is 44.2 Å². The second-order valence-corrected chi connectivity index (χ2v) is 9.15. The number of hydrogen-bond acceptors (Lipinski definition) is 7. The van der Waals surface area contributed by atoms with Gasteiger partial charge in [0.1, 0.15) is 12.1 Å². The Hall–Kier alpha value is -2.77. The standard InChI is InChI=1S/C25H30N6O/c1-6-22-21(13-17(1)18-14-24-23(27-15-18)7-8-26-24)25(29-16-28-22)30-19-2-4-20(5-3-19)31-9-11-32-12-10-31/h1,6,13-16,19-20,26H,2-5,7-12H2,(H,28,29,30). The highest BCUT2D eigenvalue weighted by Crippen LogP contribution is 2.32. The lowest BCUT2D eigenvalue weighted by atomic mass is 9.90. The van der Waals surface area contributed by atoms with Crippen LogP contribution in [0.15, 0.2) is 36.8 Å². The van der Waals surface area contributed by atoms with Crippen molar-refractivity contribution in [2.24, 2.45) is 0 Å². The van der Waals surface area contributed by atoms with Gasteiger partial charge in [-0.1, -0.05) is 6.07 Å². The number of morpholine rings is 1. The lowest BCUT2D eigenvalue weighted by Crippen LogP contribution is -2.46. The zero-order chi connectivity index (χ0) is 21.3. The number of rotatable bonds is 4. The first-order chi connectivity index (χ1) is 15.8. The van der Waals surface area contributed by atoms with Gasteiger partial charge >= 0.3 is 0 Å². The summed E-state index contributed by atoms with van der Waals surface area (Å²) in [6.45, 7) is 4.88. The minimum absolute atomic E-state index is 0.458. The van der Waals surface area contributed by atoms with Crippen LogP contribution in [-0.2, 0) is 11.2 Å². The average Bonchev–Trinajstić information content (AvgIpc) is 3.33. The maximum absolute atomic E-state index is 5.52. The number of anilines is 2. The molecule has 4 heterocycles. The van der Waals surface area contributed by atoms with Crippen LogP contribution >= 0.6 is 0 Å². The van der Waals surface area contributed by atoms with Crippen molar-refractivity contribution in [2.75, 3.05) is 43.5 Å². The normalized spacial score (nSPS) is 23.6. The summed E-state index contributed by atoms with van der Waals surface area (Å²) in [6.07, 6.45) is 9.48. The summed E-state index contributed by atoms with van der Waals surface area (Å²) in [5.41, 5.74) is 5.56. The van der Waals surface area contributed by atoms with E-state index in [2.05, 4.69) is 54.8 Å². The predicted molar refractivity (Wildman–Crippen MR) is 127 cm³/mol. The van der Waals surface area contributed by atoms with Gasteiger partial charge in [0.15, 0.2) is 0 Å². The van der Waals surface area contributed by atoms with Gasteiger partial charge in [0, 0.05) is 55.3 Å². The zero-order valence-corrected chi connectivity index (χ0v) is 18.4. The molecule has 1 aliphatic carbocycles. The number of pyridine rings is 1. The van der Waals surface area contributed by atoms with Crippen molar-refractivity contribution in [3.8, 4) is 11.1 Å². The van der Waals surface area contributed by atoms with Crippen molar-refractivity contribution in [3.05, 3.63) is 42.5 Å². The van der Waals surface area contributed by atoms with Gasteiger partial charge in [-0.25, -0.2) is 9.97 Å². The van der Waals surface area contributed by atoms with E-state index in [4.69, 9.17) is 4.74 Å². The first-order valence-electron chi connectivity index (χ1n) is 11.9. The second-order valence-electron chi connectivity index (χ2n) is 9.15. The molecule has 2 aliphatic heterocycles. The second kappa shape index (κ2) is 8.64. The summed E-state index contributed by atoms with van der Waals surface area (Å²) >= 11 is 0. The molecule has 2 N–H and O–H groups in total. The summed E-state index contributed by atoms with van der Waals surface area (Å²) in [7, 11) is 0. The first-order valence-corrected chi connectivity index (χ1v) is 11.9. The minimum Gasteiger partial charge on any atom is -0.383 e. The number of fused-ring (bicyclic) bond motifs is 2. The van der Waals surface area contributed by atoms with Crippen molar-refractivity contribution in [1.82, 2.24) is 19.9 Å². The van der Waals surface area contributed by atoms with Crippen molar-refractivity contribution in [1.29, 1.82) is 0 Å². The third-order valence-corrected chi connectivity index (χ3v) is 7.22. The fraction of sp³-hybridized carbons (Fsp3) is 0.480. The summed E-state index contributed by atoms with van der Waals surface area (Å²) in [4.78, 5) is 16.4. The zero-order valence-electron chi connectivity index (χ0n) is 18.4. The monoisotopic (exact) mass is 430 g/mol. The van der Waals surface area contributed by atoms with E-state index in [0.29, 0.717) is 12.1 Å². The molecule has 3 aliphatic rings. The molecule has 1 aromatic carbocycles. The van der Waals surface area contributed by atoms with Crippen LogP contribution in [0.4, 0.5) is 11.5 Å². The molecule has 0 atom stereocenters. The fourth-order valence-corrected chi connectivity index (χ4v) is 5.39. The third-order valence-electron chi connectivity index (χ3n) is 7.22. The maximum atomic E-state index is 5.52. The molecule has 0 unspecified atom stereocenters. The van der Waals surface area contributed by atoms with E-state index >= 15 is 0 Å². The molecule has 0 bridgehead atoms. The molecule has 3 aromatic rings. The Balaban J connectivity index is 1.20. The molecule has 6 rings (SSSR count). The fourth-order valence-electron chi connectivity index (χ4n) is 5.39. The maximum Gasteiger partial charge on any atom is 0.137 e. The molecule has 1 saturated heterocycles. The van der Waals surface area contributed by atoms with Crippen LogP contribution in [0.3, 0.4) is 0 Å². The van der Waals surface area contributed by atoms with Gasteiger partial charge in [0.2, 0.25) is 0 Å². The molecule has 0 amide bonds. The van der Waals surface area contributed by atoms with Crippen LogP contribution in [0.2, 0.25) is 0 Å². The average molecular weight is 431 g/mol. The van der Waals surface area contributed by atoms with Gasteiger partial charge < -0.3 is 15.4 Å². The van der Waals surface area contributed by atoms with Crippen LogP contribution in [0, 0.1) is 0 Å². The van der Waals surface area contributed by atoms with Crippen molar-refractivity contribution < 1.29 is 4.74 Å². The highest BCUT2D eigenvalue weighted by molar-refractivity contribution is 5.92. The molecule has 166 valence electrons. The summed E-state index contributed by atoms with van der Waals surface area (Å²) in [6, 6.07) is 9.79. The van der Waals surface area contributed by atoms with Crippen molar-refractivity contribution >= 4 is 22.4 Å². The van der Waals surface area contributed by atoms with Gasteiger partial charge in [0.05, 0.1) is 30.1 Å². The molecule has 1 saturated carbocycles. The minimum atomic E-state index is 0.458. The van der Waals surface area contributed by atoms with Crippen LogP contribution in [0.1, 0.15) is 31.4 Å². The summed E-state index contributed by atoms with van der Waals surface area (Å²) in [5.74, 6) is 0.943. The van der Waals surface area contributed by atoms with E-state index < -0.39 is 0 Å². The molecule has 2 aromatic heterocycles. The number of nitrogens with one attached hydrogen (secondary N) is 2. The Morgan fingerprint density at radius 3 is 2.72 bits per heavy atom. The number of aromatic nitrogens is 3. The highest BCUT2D eigenvalue weighted by Gasteiger charge is 2.27. The van der Waals surface area contributed by atoms with Gasteiger partial charge in [-0.15, -0.1) is 0 Å². The van der Waals surface area contributed by atoms with Crippen LogP contribution < -0.4 is 10.6 Å². The Bertz CT molecular complexity index is 1100. The lowest BCUT2D eigenvalue weighted by Gasteiger charge is -2.39. The Kier molecular flexibility index (Phi) is 5.37. The molecular formula is C25H30N6O. The largest absolute Gasteiger partial charge is 0.383 e. The third kappa shape index (κ3) is 3.91. The smallest absolute Gasteiger partial charge is 0.137 e. The summed E-state index contributed by atoms with van der Waals surface area (Å²) < 4.78 is 5.52. The topological polar surface area (TPSA) is 75.2 Å².